The summed E-state index contributed by atoms with van der Waals surface area (Å²) in [5.41, 5.74) is 1.56. The number of halogens is 4. The van der Waals surface area contributed by atoms with Crippen molar-refractivity contribution in [2.45, 2.75) is 56.1 Å². The summed E-state index contributed by atoms with van der Waals surface area (Å²) in [6.07, 6.45) is -3.93. The van der Waals surface area contributed by atoms with E-state index in [1.807, 2.05) is 13.8 Å². The third-order valence-corrected chi connectivity index (χ3v) is 8.22. The Morgan fingerprint density at radius 1 is 1.15 bits per heavy atom. The molecule has 0 radical (unpaired) electrons. The number of ether oxygens (including phenoxy) is 1. The van der Waals surface area contributed by atoms with Gasteiger partial charge in [0.15, 0.2) is 9.84 Å². The number of likely N-dealkylation sites (tertiary alicyclic amines) is 1. The second kappa shape index (κ2) is 12.2. The van der Waals surface area contributed by atoms with Gasteiger partial charge >= 0.3 is 6.18 Å². The molecule has 0 spiro atoms. The third kappa shape index (κ3) is 7.45. The van der Waals surface area contributed by atoms with Crippen LogP contribution in [0.1, 0.15) is 26.0 Å². The van der Waals surface area contributed by atoms with Gasteiger partial charge < -0.3 is 19.9 Å². The topological polar surface area (TPSA) is 75.6 Å². The van der Waals surface area contributed by atoms with Crippen molar-refractivity contribution in [3.63, 3.8) is 0 Å². The van der Waals surface area contributed by atoms with E-state index < -0.39 is 34.8 Å². The first-order valence-electron chi connectivity index (χ1n) is 13.2. The Morgan fingerprint density at radius 2 is 1.90 bits per heavy atom. The summed E-state index contributed by atoms with van der Waals surface area (Å²) in [7, 11) is -2.03. The van der Waals surface area contributed by atoms with E-state index in [0.717, 1.165) is 17.4 Å². The lowest BCUT2D eigenvalue weighted by atomic mass is 10.0. The number of rotatable bonds is 8. The fourth-order valence-electron chi connectivity index (χ4n) is 4.95. The van der Waals surface area contributed by atoms with Crippen molar-refractivity contribution in [3.8, 4) is 17.6 Å². The molecule has 7 nitrogen and oxygen atoms in total. The summed E-state index contributed by atoms with van der Waals surface area (Å²) in [6, 6.07) is 10.7. The molecular weight excluding hydrogens is 560 g/mol. The molecule has 222 valence electrons. The Morgan fingerprint density at radius 3 is 2.54 bits per heavy atom. The third-order valence-electron chi connectivity index (χ3n) is 7.11. The minimum Gasteiger partial charge on any atom is -0.495 e. The highest BCUT2D eigenvalue weighted by Gasteiger charge is 2.32. The molecule has 2 aromatic carbocycles. The highest BCUT2D eigenvalue weighted by Crippen LogP contribution is 2.32. The predicted octanol–water partition coefficient (Wildman–Crippen LogP) is 5.31. The summed E-state index contributed by atoms with van der Waals surface area (Å²) in [5.74, 6) is 5.97. The zero-order valence-electron chi connectivity index (χ0n) is 23.3. The number of aromatic nitrogens is 1. The van der Waals surface area contributed by atoms with Crippen LogP contribution in [0.2, 0.25) is 0 Å². The lowest BCUT2D eigenvalue weighted by Gasteiger charge is -2.37. The molecule has 2 atom stereocenters. The monoisotopic (exact) mass is 594 g/mol. The van der Waals surface area contributed by atoms with Crippen molar-refractivity contribution >= 4 is 32.1 Å². The number of hydrogen-bond acceptors (Lipinski definition) is 6. The summed E-state index contributed by atoms with van der Waals surface area (Å²) in [6.45, 7) is 3.90. The van der Waals surface area contributed by atoms with Crippen LogP contribution in [0.3, 0.4) is 0 Å². The van der Waals surface area contributed by atoms with Crippen molar-refractivity contribution in [3.05, 3.63) is 48.2 Å². The van der Waals surface area contributed by atoms with Gasteiger partial charge in [0.25, 0.3) is 0 Å². The maximum Gasteiger partial charge on any atom is 0.406 e. The molecule has 41 heavy (non-hydrogen) atoms. The van der Waals surface area contributed by atoms with Gasteiger partial charge in [-0.3, -0.25) is 4.90 Å². The Kier molecular flexibility index (Phi) is 9.09. The number of piperidine rings is 1. The first kappa shape index (κ1) is 30.5. The molecule has 1 aliphatic rings. The van der Waals surface area contributed by atoms with Crippen LogP contribution in [0.5, 0.6) is 5.75 Å². The fourth-order valence-corrected chi connectivity index (χ4v) is 5.58. The van der Waals surface area contributed by atoms with Crippen molar-refractivity contribution in [1.29, 1.82) is 0 Å². The molecule has 2 N–H and O–H groups in total. The van der Waals surface area contributed by atoms with Gasteiger partial charge in [-0.2, -0.15) is 13.2 Å². The van der Waals surface area contributed by atoms with Crippen molar-refractivity contribution in [2.24, 2.45) is 0 Å². The first-order valence-corrected chi connectivity index (χ1v) is 15.1. The molecule has 2 heterocycles. The molecule has 12 heteroatoms. The Hall–Kier alpha value is -3.43. The molecule has 0 unspecified atom stereocenters. The van der Waals surface area contributed by atoms with Crippen LogP contribution in [-0.2, 0) is 16.4 Å². The lowest BCUT2D eigenvalue weighted by molar-refractivity contribution is -0.140. The molecule has 0 bridgehead atoms. The number of methoxy groups -OCH3 is 1. The van der Waals surface area contributed by atoms with E-state index >= 15 is 4.39 Å². The van der Waals surface area contributed by atoms with Gasteiger partial charge in [-0.05, 0) is 56.5 Å². The number of hydrogen-bond donors (Lipinski definition) is 2. The molecule has 1 fully saturated rings. The van der Waals surface area contributed by atoms with E-state index in [4.69, 9.17) is 4.74 Å². The number of nitrogens with one attached hydrogen (secondary N) is 2. The summed E-state index contributed by atoms with van der Waals surface area (Å²) in [5, 5.41) is 6.79. The summed E-state index contributed by atoms with van der Waals surface area (Å²) >= 11 is 0. The van der Waals surface area contributed by atoms with Gasteiger partial charge in [-0.1, -0.05) is 12.0 Å². The van der Waals surface area contributed by atoms with Gasteiger partial charge in [-0.15, -0.1) is 0 Å². The van der Waals surface area contributed by atoms with E-state index in [9.17, 15) is 21.6 Å². The van der Waals surface area contributed by atoms with Gasteiger partial charge in [0.2, 0.25) is 0 Å². The average molecular weight is 595 g/mol. The van der Waals surface area contributed by atoms with Crippen LogP contribution < -0.4 is 15.4 Å². The lowest BCUT2D eigenvalue weighted by Crippen LogP contribution is -2.50. The van der Waals surface area contributed by atoms with E-state index in [2.05, 4.69) is 27.4 Å². The van der Waals surface area contributed by atoms with Crippen LogP contribution in [0.25, 0.3) is 10.9 Å². The van der Waals surface area contributed by atoms with Gasteiger partial charge in [0.1, 0.15) is 18.5 Å². The van der Waals surface area contributed by atoms with Gasteiger partial charge in [0, 0.05) is 42.5 Å². The van der Waals surface area contributed by atoms with Crippen molar-refractivity contribution < 1.29 is 30.7 Å². The normalized spacial score (nSPS) is 18.3. The largest absolute Gasteiger partial charge is 0.495 e. The van der Waals surface area contributed by atoms with Crippen molar-refractivity contribution in [2.75, 3.05) is 43.6 Å². The van der Waals surface area contributed by atoms with Crippen molar-refractivity contribution in [1.82, 2.24) is 9.47 Å². The molecule has 0 saturated carbocycles. The molecule has 1 aromatic heterocycles. The van der Waals surface area contributed by atoms with Crippen LogP contribution >= 0.6 is 0 Å². The fraction of sp³-hybridized carbons (Fsp3) is 0.448. The molecular formula is C29H34F4N4O3S. The highest BCUT2D eigenvalue weighted by atomic mass is 32.2. The number of alkyl halides is 4. The Balaban J connectivity index is 1.59. The zero-order valence-corrected chi connectivity index (χ0v) is 24.2. The SMILES string of the molecule is COc1cc(S(C)(=O)=O)ccc1NCC#Cc1cc2c(N[C@H]3CCN(C(C)C)C[C@H]3F)cccc2n1CC(F)(F)F. The van der Waals surface area contributed by atoms with Crippen LogP contribution in [0, 0.1) is 11.8 Å². The van der Waals surface area contributed by atoms with Gasteiger partial charge in [-0.25, -0.2) is 12.8 Å². The summed E-state index contributed by atoms with van der Waals surface area (Å²) in [4.78, 5) is 2.16. The second-order valence-corrected chi connectivity index (χ2v) is 12.4. The maximum atomic E-state index is 15.0. The first-order chi connectivity index (χ1) is 19.3. The van der Waals surface area contributed by atoms with E-state index in [1.54, 1.807) is 30.3 Å². The van der Waals surface area contributed by atoms with Crippen LogP contribution in [0.15, 0.2) is 47.4 Å². The number of nitrogens with zero attached hydrogens (tertiary/aromatic N) is 2. The maximum absolute atomic E-state index is 15.0. The molecule has 0 amide bonds. The average Bonchev–Trinajstić information content (AvgIpc) is 3.23. The number of benzene rings is 2. The number of sulfone groups is 1. The van der Waals surface area contributed by atoms with Crippen LogP contribution in [-0.4, -0.2) is 75.3 Å². The number of fused-ring (bicyclic) bond motifs is 1. The quantitative estimate of drug-likeness (QED) is 0.272. The molecule has 1 saturated heterocycles. The van der Waals surface area contributed by atoms with E-state index in [1.165, 1.54) is 19.2 Å². The minimum absolute atomic E-state index is 0.0607. The minimum atomic E-state index is -4.48. The molecule has 0 aliphatic carbocycles. The van der Waals surface area contributed by atoms with E-state index in [-0.39, 0.29) is 23.2 Å². The highest BCUT2D eigenvalue weighted by molar-refractivity contribution is 7.90. The second-order valence-electron chi connectivity index (χ2n) is 10.4. The molecule has 1 aliphatic heterocycles. The number of anilines is 2. The molecule has 3 aromatic rings. The Labute approximate surface area is 237 Å². The smallest absolute Gasteiger partial charge is 0.406 e. The van der Waals surface area contributed by atoms with Gasteiger partial charge in [0.05, 0.1) is 41.5 Å². The summed E-state index contributed by atoms with van der Waals surface area (Å²) < 4.78 is 85.7. The molecule has 4 rings (SSSR count). The Bertz CT molecular complexity index is 1560. The standard InChI is InChI=1S/C29H34F4N4O3S/c1-19(2)36-14-12-25(23(30)17-36)35-24-8-5-9-27-22(24)15-20(37(27)18-29(31,32)33)7-6-13-34-26-11-10-21(41(4,38)39)16-28(26)40-3/h5,8-11,15-16,19,23,25,34-35H,12-14,17-18H2,1-4H3/t23-,25+/m1/s1. The van der Waals surface area contributed by atoms with E-state index in [0.29, 0.717) is 41.0 Å². The predicted molar refractivity (Wildman–Crippen MR) is 153 cm³/mol. The zero-order chi connectivity index (χ0) is 29.9. The van der Waals surface area contributed by atoms with Crippen LogP contribution in [0.4, 0.5) is 28.9 Å².